The quantitative estimate of drug-likeness (QED) is 0.588. The molecule has 3 rings (SSSR count). The summed E-state index contributed by atoms with van der Waals surface area (Å²) in [7, 11) is 2.37. The molecule has 0 bridgehead atoms. The van der Waals surface area contributed by atoms with Crippen molar-refractivity contribution in [1.29, 1.82) is 0 Å². The summed E-state index contributed by atoms with van der Waals surface area (Å²) in [6, 6.07) is 15.1. The van der Waals surface area contributed by atoms with E-state index in [9.17, 15) is 4.39 Å². The molecular weight excluding hydrogens is 345 g/mol. The molecule has 1 fully saturated rings. The van der Waals surface area contributed by atoms with Crippen LogP contribution in [0.15, 0.2) is 48.5 Å². The Labute approximate surface area is 158 Å². The van der Waals surface area contributed by atoms with Gasteiger partial charge in [0.15, 0.2) is 0 Å². The first kappa shape index (κ1) is 19.5. The first-order valence-corrected chi connectivity index (χ1v) is 9.83. The van der Waals surface area contributed by atoms with Crippen LogP contribution in [0.25, 0.3) is 0 Å². The van der Waals surface area contributed by atoms with E-state index in [1.807, 2.05) is 52.0 Å². The fraction of sp³-hybridized carbons (Fsp3) is 0.429. The van der Waals surface area contributed by atoms with Gasteiger partial charge < -0.3 is 9.31 Å². The van der Waals surface area contributed by atoms with Crippen molar-refractivity contribution in [1.82, 2.24) is 0 Å². The van der Waals surface area contributed by atoms with E-state index in [1.165, 1.54) is 6.07 Å². The van der Waals surface area contributed by atoms with Crippen LogP contribution < -0.4 is 5.46 Å². The monoisotopic (exact) mass is 372 g/mol. The van der Waals surface area contributed by atoms with Gasteiger partial charge in [0.1, 0.15) is 5.82 Å². The fourth-order valence-corrected chi connectivity index (χ4v) is 3.73. The number of halogens is 1. The molecule has 1 aliphatic rings. The molecule has 1 heterocycles. The molecule has 0 N–H and O–H groups in total. The van der Waals surface area contributed by atoms with Gasteiger partial charge >= 0.3 is 7.12 Å². The van der Waals surface area contributed by atoms with E-state index in [1.54, 1.807) is 6.07 Å². The lowest BCUT2D eigenvalue weighted by Gasteiger charge is -2.32. The second-order valence-corrected chi connectivity index (χ2v) is 8.63. The molecule has 26 heavy (non-hydrogen) atoms. The van der Waals surface area contributed by atoms with Gasteiger partial charge in [0.25, 0.3) is 0 Å². The Morgan fingerprint density at radius 2 is 1.50 bits per heavy atom. The minimum atomic E-state index is -0.412. The summed E-state index contributed by atoms with van der Waals surface area (Å²) in [5, 5.41) is 0. The Morgan fingerprint density at radius 1 is 0.962 bits per heavy atom. The maximum atomic E-state index is 14.4. The third kappa shape index (κ3) is 3.24. The Balaban J connectivity index is 1.91. The molecule has 2 unspecified atom stereocenters. The minimum absolute atomic E-state index is 0.174. The highest BCUT2D eigenvalue weighted by molar-refractivity contribution is 7.16. The standard InChI is InChI=1S/C21H27BFO2P/c1-19(2)20(3,4)25-22(24-19)16-12-10-15(11-13-16)21(5,14-26)17-8-6-7-9-18(17)23/h6-13H,14,26H2,1-5H3. The Kier molecular flexibility index (Phi) is 5.07. The van der Waals surface area contributed by atoms with Crippen molar-refractivity contribution in [3.05, 3.63) is 65.5 Å². The van der Waals surface area contributed by atoms with Crippen LogP contribution in [0.5, 0.6) is 0 Å². The highest BCUT2D eigenvalue weighted by atomic mass is 31.0. The van der Waals surface area contributed by atoms with Crippen LogP contribution in [0.4, 0.5) is 4.39 Å². The third-order valence-electron chi connectivity index (χ3n) is 5.95. The SMILES string of the molecule is CC(CP)(c1ccc(B2OC(C)(C)C(C)(C)O2)cc1)c1ccccc1F. The summed E-state index contributed by atoms with van der Waals surface area (Å²) >= 11 is 0. The van der Waals surface area contributed by atoms with E-state index < -0.39 is 5.41 Å². The van der Waals surface area contributed by atoms with Crippen LogP contribution >= 0.6 is 9.24 Å². The minimum Gasteiger partial charge on any atom is -0.399 e. The summed E-state index contributed by atoms with van der Waals surface area (Å²) in [6.07, 6.45) is 0.726. The summed E-state index contributed by atoms with van der Waals surface area (Å²) < 4.78 is 26.6. The molecule has 2 nitrogen and oxygen atoms in total. The van der Waals surface area contributed by atoms with Crippen molar-refractivity contribution in [2.75, 3.05) is 6.16 Å². The first-order valence-electron chi connectivity index (χ1n) is 9.02. The lowest BCUT2D eigenvalue weighted by Crippen LogP contribution is -2.41. The maximum absolute atomic E-state index is 14.4. The average molecular weight is 372 g/mol. The number of benzene rings is 2. The molecule has 1 saturated heterocycles. The number of hydrogen-bond acceptors (Lipinski definition) is 2. The lowest BCUT2D eigenvalue weighted by molar-refractivity contribution is 0.00578. The maximum Gasteiger partial charge on any atom is 0.494 e. The van der Waals surface area contributed by atoms with E-state index in [2.05, 4.69) is 28.3 Å². The van der Waals surface area contributed by atoms with Crippen molar-refractivity contribution in [3.63, 3.8) is 0 Å². The molecule has 5 heteroatoms. The molecular formula is C21H27BFO2P. The molecule has 0 aliphatic carbocycles. The zero-order valence-electron chi connectivity index (χ0n) is 16.2. The van der Waals surface area contributed by atoms with Gasteiger partial charge in [0.2, 0.25) is 0 Å². The van der Waals surface area contributed by atoms with Crippen molar-refractivity contribution in [2.45, 2.75) is 51.2 Å². The van der Waals surface area contributed by atoms with E-state index in [0.717, 1.165) is 17.2 Å². The van der Waals surface area contributed by atoms with Crippen LogP contribution in [-0.2, 0) is 14.7 Å². The van der Waals surface area contributed by atoms with E-state index in [4.69, 9.17) is 9.31 Å². The van der Waals surface area contributed by atoms with Crippen LogP contribution in [0.3, 0.4) is 0 Å². The molecule has 2 aromatic carbocycles. The predicted molar refractivity (Wildman–Crippen MR) is 110 cm³/mol. The molecule has 0 spiro atoms. The molecule has 1 aliphatic heterocycles. The third-order valence-corrected chi connectivity index (χ3v) is 6.77. The van der Waals surface area contributed by atoms with Gasteiger partial charge in [-0.1, -0.05) is 49.4 Å². The van der Waals surface area contributed by atoms with E-state index in [-0.39, 0.29) is 24.1 Å². The summed E-state index contributed by atoms with van der Waals surface area (Å²) in [6.45, 7) is 10.3. The Hall–Kier alpha value is -1.22. The van der Waals surface area contributed by atoms with Crippen molar-refractivity contribution >= 4 is 21.8 Å². The highest BCUT2D eigenvalue weighted by Crippen LogP contribution is 2.37. The van der Waals surface area contributed by atoms with Crippen LogP contribution in [0.2, 0.25) is 0 Å². The second kappa shape index (κ2) is 6.75. The van der Waals surface area contributed by atoms with Crippen LogP contribution in [-0.4, -0.2) is 24.5 Å². The van der Waals surface area contributed by atoms with Crippen LogP contribution in [0.1, 0.15) is 45.7 Å². The Morgan fingerprint density at radius 3 is 2.00 bits per heavy atom. The van der Waals surface area contributed by atoms with E-state index >= 15 is 0 Å². The predicted octanol–water partition coefficient (Wildman–Crippen LogP) is 4.31. The topological polar surface area (TPSA) is 18.5 Å². The lowest BCUT2D eigenvalue weighted by atomic mass is 9.74. The van der Waals surface area contributed by atoms with Crippen molar-refractivity contribution in [2.24, 2.45) is 0 Å². The summed E-state index contributed by atoms with van der Waals surface area (Å²) in [5.74, 6) is -0.174. The number of hydrogen-bond donors (Lipinski definition) is 0. The molecule has 2 aromatic rings. The van der Waals surface area contributed by atoms with Gasteiger partial charge in [-0.2, -0.15) is 0 Å². The van der Waals surface area contributed by atoms with Crippen molar-refractivity contribution in [3.8, 4) is 0 Å². The fourth-order valence-electron chi connectivity index (χ4n) is 3.28. The van der Waals surface area contributed by atoms with E-state index in [0.29, 0.717) is 5.56 Å². The number of rotatable bonds is 4. The van der Waals surface area contributed by atoms with Gasteiger partial charge in [-0.25, -0.2) is 4.39 Å². The van der Waals surface area contributed by atoms with Gasteiger partial charge in [0.05, 0.1) is 11.2 Å². The summed E-state index contributed by atoms with van der Waals surface area (Å²) in [5.41, 5.74) is 1.61. The molecule has 2 atom stereocenters. The van der Waals surface area contributed by atoms with Gasteiger partial charge in [-0.3, -0.25) is 0 Å². The van der Waals surface area contributed by atoms with Gasteiger partial charge in [0, 0.05) is 5.41 Å². The van der Waals surface area contributed by atoms with Gasteiger partial charge in [-0.05, 0) is 56.5 Å². The average Bonchev–Trinajstić information content (AvgIpc) is 2.82. The smallest absolute Gasteiger partial charge is 0.399 e. The normalized spacial score (nSPS) is 20.8. The zero-order valence-corrected chi connectivity index (χ0v) is 17.3. The zero-order chi connectivity index (χ0) is 19.2. The van der Waals surface area contributed by atoms with Crippen LogP contribution in [0, 0.1) is 5.82 Å². The largest absolute Gasteiger partial charge is 0.494 e. The molecule has 0 aromatic heterocycles. The second-order valence-electron chi connectivity index (χ2n) is 8.23. The first-order chi connectivity index (χ1) is 12.1. The molecule has 0 radical (unpaired) electrons. The molecule has 138 valence electrons. The van der Waals surface area contributed by atoms with Gasteiger partial charge in [-0.15, -0.1) is 9.24 Å². The Bertz CT molecular complexity index is 775. The van der Waals surface area contributed by atoms with Crippen molar-refractivity contribution < 1.29 is 13.7 Å². The molecule has 0 saturated carbocycles. The summed E-state index contributed by atoms with van der Waals surface area (Å²) in [4.78, 5) is 0. The molecule has 0 amide bonds. The highest BCUT2D eigenvalue weighted by Gasteiger charge is 2.51.